The van der Waals surface area contributed by atoms with Gasteiger partial charge in [0, 0.05) is 25.7 Å². The van der Waals surface area contributed by atoms with Crippen LogP contribution in [0.4, 0.5) is 0 Å². The number of aliphatic hydroxyl groups excluding tert-OH is 1. The molecule has 2 rings (SSSR count). The van der Waals surface area contributed by atoms with Gasteiger partial charge in [-0.15, -0.1) is 0 Å². The molecule has 2 unspecified atom stereocenters. The fraction of sp³-hybridized carbons (Fsp3) is 1.00. The molecule has 1 N–H and O–H groups in total. The molecule has 3 heteroatoms. The van der Waals surface area contributed by atoms with Crippen LogP contribution in [-0.2, 0) is 0 Å². The zero-order valence-corrected chi connectivity index (χ0v) is 10.6. The molecule has 2 atom stereocenters. The molecule has 0 spiro atoms. The molecule has 2 fully saturated rings. The summed E-state index contributed by atoms with van der Waals surface area (Å²) >= 11 is 0. The number of aliphatic hydroxyl groups is 1. The van der Waals surface area contributed by atoms with Crippen molar-refractivity contribution < 1.29 is 5.11 Å². The predicted molar refractivity (Wildman–Crippen MR) is 66.5 cm³/mol. The number of hydrogen-bond donors (Lipinski definition) is 1. The Hall–Kier alpha value is -0.120. The van der Waals surface area contributed by atoms with E-state index < -0.39 is 0 Å². The Labute approximate surface area is 99.4 Å². The molecule has 0 aromatic heterocycles. The second kappa shape index (κ2) is 5.99. The van der Waals surface area contributed by atoms with Gasteiger partial charge in [-0.05, 0) is 51.7 Å². The first kappa shape index (κ1) is 12.3. The summed E-state index contributed by atoms with van der Waals surface area (Å²) in [6, 6.07) is 0.662. The largest absolute Gasteiger partial charge is 0.396 e. The van der Waals surface area contributed by atoms with E-state index in [-0.39, 0.29) is 0 Å². The zero-order valence-electron chi connectivity index (χ0n) is 10.6. The second-order valence-corrected chi connectivity index (χ2v) is 5.54. The van der Waals surface area contributed by atoms with Crippen LogP contribution in [0, 0.1) is 5.92 Å². The summed E-state index contributed by atoms with van der Waals surface area (Å²) in [7, 11) is 0. The minimum Gasteiger partial charge on any atom is -0.396 e. The third-order valence-electron chi connectivity index (χ3n) is 4.17. The maximum Gasteiger partial charge on any atom is 0.0471 e. The molecule has 0 aromatic carbocycles. The lowest BCUT2D eigenvalue weighted by molar-refractivity contribution is 0.144. The molecule has 16 heavy (non-hydrogen) atoms. The molecular weight excluding hydrogens is 200 g/mol. The van der Waals surface area contributed by atoms with Crippen LogP contribution in [0.3, 0.4) is 0 Å². The van der Waals surface area contributed by atoms with E-state index in [0.717, 1.165) is 6.54 Å². The molecule has 0 bridgehead atoms. The summed E-state index contributed by atoms with van der Waals surface area (Å²) in [5.41, 5.74) is 0. The third kappa shape index (κ3) is 3.19. The highest BCUT2D eigenvalue weighted by atomic mass is 16.3. The molecule has 0 amide bonds. The molecular formula is C13H26N2O. The normalized spacial score (nSPS) is 30.8. The number of hydrogen-bond acceptors (Lipinski definition) is 3. The van der Waals surface area contributed by atoms with Crippen molar-refractivity contribution in [2.45, 2.75) is 38.6 Å². The first-order chi connectivity index (χ1) is 7.79. The average Bonchev–Trinajstić information content (AvgIpc) is 2.79. The molecule has 94 valence electrons. The summed E-state index contributed by atoms with van der Waals surface area (Å²) in [5, 5.41) is 9.15. The van der Waals surface area contributed by atoms with Crippen molar-refractivity contribution in [3.63, 3.8) is 0 Å². The third-order valence-corrected chi connectivity index (χ3v) is 4.17. The minimum absolute atomic E-state index is 0.368. The maximum absolute atomic E-state index is 9.15. The van der Waals surface area contributed by atoms with Crippen LogP contribution in [0.15, 0.2) is 0 Å². The van der Waals surface area contributed by atoms with Crippen LogP contribution in [0.1, 0.15) is 32.6 Å². The van der Waals surface area contributed by atoms with Gasteiger partial charge in [0.25, 0.3) is 0 Å². The SMILES string of the molecule is CC(CN1CCCCC1)N1CCC(CO)C1. The number of rotatable bonds is 4. The number of likely N-dealkylation sites (tertiary alicyclic amines) is 2. The Bertz CT molecular complexity index is 204. The average molecular weight is 226 g/mol. The van der Waals surface area contributed by atoms with Gasteiger partial charge in [-0.2, -0.15) is 0 Å². The lowest BCUT2D eigenvalue weighted by Gasteiger charge is -2.33. The second-order valence-electron chi connectivity index (χ2n) is 5.54. The van der Waals surface area contributed by atoms with E-state index in [4.69, 9.17) is 5.11 Å². The van der Waals surface area contributed by atoms with Crippen LogP contribution in [-0.4, -0.2) is 60.3 Å². The predicted octanol–water partition coefficient (Wildman–Crippen LogP) is 1.18. The molecule has 0 aromatic rings. The van der Waals surface area contributed by atoms with Gasteiger partial charge in [-0.3, -0.25) is 4.90 Å². The van der Waals surface area contributed by atoms with Gasteiger partial charge in [0.15, 0.2) is 0 Å². The summed E-state index contributed by atoms with van der Waals surface area (Å²) in [5.74, 6) is 0.531. The Morgan fingerprint density at radius 3 is 2.56 bits per heavy atom. The molecule has 2 aliphatic heterocycles. The molecule has 0 saturated carbocycles. The fourth-order valence-corrected chi connectivity index (χ4v) is 3.04. The van der Waals surface area contributed by atoms with Gasteiger partial charge in [0.05, 0.1) is 0 Å². The molecule has 3 nitrogen and oxygen atoms in total. The highest BCUT2D eigenvalue weighted by Gasteiger charge is 2.26. The molecule has 0 radical (unpaired) electrons. The summed E-state index contributed by atoms with van der Waals surface area (Å²) in [4.78, 5) is 5.16. The first-order valence-electron chi connectivity index (χ1n) is 6.87. The summed E-state index contributed by atoms with van der Waals surface area (Å²) in [6.07, 6.45) is 5.36. The Morgan fingerprint density at radius 2 is 1.94 bits per heavy atom. The summed E-state index contributed by atoms with van der Waals surface area (Å²) in [6.45, 7) is 8.80. The smallest absolute Gasteiger partial charge is 0.0471 e. The minimum atomic E-state index is 0.368. The topological polar surface area (TPSA) is 26.7 Å². The van der Waals surface area contributed by atoms with Crippen molar-refractivity contribution in [3.8, 4) is 0 Å². The standard InChI is InChI=1S/C13H26N2O/c1-12(9-14-6-3-2-4-7-14)15-8-5-13(10-15)11-16/h12-13,16H,2-11H2,1H3. The molecule has 0 aliphatic carbocycles. The Balaban J connectivity index is 1.72. The van der Waals surface area contributed by atoms with E-state index >= 15 is 0 Å². The van der Waals surface area contributed by atoms with Crippen molar-refractivity contribution in [2.75, 3.05) is 39.3 Å². The lowest BCUT2D eigenvalue weighted by atomic mass is 10.1. The van der Waals surface area contributed by atoms with E-state index in [1.165, 1.54) is 51.9 Å². The van der Waals surface area contributed by atoms with Gasteiger partial charge < -0.3 is 10.0 Å². The zero-order chi connectivity index (χ0) is 11.4. The maximum atomic E-state index is 9.15. The fourth-order valence-electron chi connectivity index (χ4n) is 3.04. The van der Waals surface area contributed by atoms with E-state index in [0.29, 0.717) is 18.6 Å². The van der Waals surface area contributed by atoms with Gasteiger partial charge in [0.2, 0.25) is 0 Å². The van der Waals surface area contributed by atoms with Crippen LogP contribution < -0.4 is 0 Å². The Morgan fingerprint density at radius 1 is 1.19 bits per heavy atom. The van der Waals surface area contributed by atoms with Crippen LogP contribution in [0.2, 0.25) is 0 Å². The molecule has 2 aliphatic rings. The van der Waals surface area contributed by atoms with Crippen LogP contribution in [0.25, 0.3) is 0 Å². The van der Waals surface area contributed by atoms with Crippen molar-refractivity contribution in [2.24, 2.45) is 5.92 Å². The summed E-state index contributed by atoms with van der Waals surface area (Å²) < 4.78 is 0. The van der Waals surface area contributed by atoms with E-state index in [9.17, 15) is 0 Å². The van der Waals surface area contributed by atoms with Crippen molar-refractivity contribution in [3.05, 3.63) is 0 Å². The van der Waals surface area contributed by atoms with Gasteiger partial charge in [0.1, 0.15) is 0 Å². The monoisotopic (exact) mass is 226 g/mol. The Kier molecular flexibility index (Phi) is 4.62. The first-order valence-corrected chi connectivity index (χ1v) is 6.87. The van der Waals surface area contributed by atoms with Gasteiger partial charge in [-0.25, -0.2) is 0 Å². The molecule has 2 saturated heterocycles. The number of piperidine rings is 1. The van der Waals surface area contributed by atoms with Crippen LogP contribution >= 0.6 is 0 Å². The van der Waals surface area contributed by atoms with Gasteiger partial charge in [-0.1, -0.05) is 6.42 Å². The highest BCUT2D eigenvalue weighted by Crippen LogP contribution is 2.19. The number of nitrogens with zero attached hydrogens (tertiary/aromatic N) is 2. The lowest BCUT2D eigenvalue weighted by Crippen LogP contribution is -2.43. The van der Waals surface area contributed by atoms with Gasteiger partial charge >= 0.3 is 0 Å². The quantitative estimate of drug-likeness (QED) is 0.779. The van der Waals surface area contributed by atoms with Crippen molar-refractivity contribution >= 4 is 0 Å². The van der Waals surface area contributed by atoms with E-state index in [2.05, 4.69) is 16.7 Å². The highest BCUT2D eigenvalue weighted by molar-refractivity contribution is 4.81. The van der Waals surface area contributed by atoms with Crippen molar-refractivity contribution in [1.82, 2.24) is 9.80 Å². The molecule has 2 heterocycles. The van der Waals surface area contributed by atoms with Crippen LogP contribution in [0.5, 0.6) is 0 Å². The van der Waals surface area contributed by atoms with E-state index in [1.807, 2.05) is 0 Å². The van der Waals surface area contributed by atoms with Crippen molar-refractivity contribution in [1.29, 1.82) is 0 Å². The van der Waals surface area contributed by atoms with E-state index in [1.54, 1.807) is 0 Å².